The zero-order valence-corrected chi connectivity index (χ0v) is 19.1. The fraction of sp³-hybridized carbons (Fsp3) is 0.500. The lowest BCUT2D eigenvalue weighted by molar-refractivity contribution is -0.137. The highest BCUT2D eigenvalue weighted by Crippen LogP contribution is 2.20. The van der Waals surface area contributed by atoms with Crippen LogP contribution in [0.4, 0.5) is 4.39 Å². The predicted molar refractivity (Wildman–Crippen MR) is 122 cm³/mol. The van der Waals surface area contributed by atoms with Gasteiger partial charge >= 0.3 is 0 Å². The lowest BCUT2D eigenvalue weighted by Gasteiger charge is -2.37. The summed E-state index contributed by atoms with van der Waals surface area (Å²) in [5.41, 5.74) is 2.58. The fourth-order valence-corrected chi connectivity index (χ4v) is 4.51. The van der Waals surface area contributed by atoms with E-state index in [2.05, 4.69) is 15.5 Å². The molecule has 2 aliphatic heterocycles. The average molecular weight is 456 g/mol. The highest BCUT2D eigenvalue weighted by molar-refractivity contribution is 5.95. The van der Waals surface area contributed by atoms with Crippen molar-refractivity contribution in [3.05, 3.63) is 62.3 Å². The standard InChI is InChI=1S/C24H30FN5O3/c1-15-16(2)22(31)28-27-21(15)13-17-5-6-20(25)19(12-17)24(33)30-10-8-29(9-11-30)23(32)18-4-3-7-26-14-18/h5-6,12,18,26H,3-4,7-11,13-14H2,1-2H3,(H,28,31). The number of carbonyl (C=O) groups excluding carboxylic acids is 2. The number of nitrogens with one attached hydrogen (secondary N) is 2. The summed E-state index contributed by atoms with van der Waals surface area (Å²) in [6.07, 6.45) is 2.27. The largest absolute Gasteiger partial charge is 0.339 e. The number of hydrogen-bond donors (Lipinski definition) is 2. The van der Waals surface area contributed by atoms with Crippen LogP contribution in [0.3, 0.4) is 0 Å². The zero-order valence-electron chi connectivity index (χ0n) is 19.1. The molecule has 0 saturated carbocycles. The maximum atomic E-state index is 14.6. The summed E-state index contributed by atoms with van der Waals surface area (Å²) < 4.78 is 14.6. The molecule has 2 saturated heterocycles. The Morgan fingerprint density at radius 3 is 2.55 bits per heavy atom. The molecule has 1 atom stereocenters. The molecule has 33 heavy (non-hydrogen) atoms. The van der Waals surface area contributed by atoms with Crippen LogP contribution in [0.5, 0.6) is 0 Å². The summed E-state index contributed by atoms with van der Waals surface area (Å²) in [7, 11) is 0. The first-order valence-corrected chi connectivity index (χ1v) is 11.5. The lowest BCUT2D eigenvalue weighted by Crippen LogP contribution is -2.53. The number of aromatic amines is 1. The molecule has 0 spiro atoms. The van der Waals surface area contributed by atoms with Gasteiger partial charge < -0.3 is 15.1 Å². The van der Waals surface area contributed by atoms with Crippen molar-refractivity contribution in [1.82, 2.24) is 25.3 Å². The number of aromatic nitrogens is 2. The molecule has 1 unspecified atom stereocenters. The Morgan fingerprint density at radius 2 is 1.85 bits per heavy atom. The van der Waals surface area contributed by atoms with Gasteiger partial charge in [0, 0.05) is 44.7 Å². The highest BCUT2D eigenvalue weighted by atomic mass is 19.1. The summed E-state index contributed by atoms with van der Waals surface area (Å²) >= 11 is 0. The molecule has 2 amide bonds. The Balaban J connectivity index is 1.43. The number of benzene rings is 1. The molecule has 1 aromatic carbocycles. The van der Waals surface area contributed by atoms with Gasteiger partial charge in [-0.15, -0.1) is 0 Å². The van der Waals surface area contributed by atoms with Crippen LogP contribution < -0.4 is 10.9 Å². The molecule has 0 radical (unpaired) electrons. The number of H-pyrrole nitrogens is 1. The fourth-order valence-electron chi connectivity index (χ4n) is 4.51. The van der Waals surface area contributed by atoms with Gasteiger partial charge in [0.2, 0.25) is 5.91 Å². The minimum atomic E-state index is -0.571. The molecule has 2 N–H and O–H groups in total. The minimum Gasteiger partial charge on any atom is -0.339 e. The second-order valence-corrected chi connectivity index (χ2v) is 8.90. The van der Waals surface area contributed by atoms with Crippen LogP contribution in [0.1, 0.15) is 45.6 Å². The Labute approximate surface area is 192 Å². The first kappa shape index (κ1) is 23.1. The molecule has 4 rings (SSSR count). The average Bonchev–Trinajstić information content (AvgIpc) is 2.85. The van der Waals surface area contributed by atoms with Gasteiger partial charge in [0.1, 0.15) is 5.82 Å². The molecule has 0 bridgehead atoms. The number of piperazine rings is 1. The number of rotatable bonds is 4. The smallest absolute Gasteiger partial charge is 0.267 e. The van der Waals surface area contributed by atoms with Gasteiger partial charge in [-0.25, -0.2) is 9.49 Å². The first-order chi connectivity index (χ1) is 15.8. The van der Waals surface area contributed by atoms with E-state index in [9.17, 15) is 18.8 Å². The van der Waals surface area contributed by atoms with E-state index in [1.165, 1.54) is 6.07 Å². The van der Waals surface area contributed by atoms with Crippen LogP contribution in [0.15, 0.2) is 23.0 Å². The molecule has 8 nitrogen and oxygen atoms in total. The van der Waals surface area contributed by atoms with Gasteiger partial charge in [-0.2, -0.15) is 5.10 Å². The van der Waals surface area contributed by atoms with E-state index in [4.69, 9.17) is 0 Å². The Morgan fingerprint density at radius 1 is 1.12 bits per heavy atom. The number of hydrogen-bond acceptors (Lipinski definition) is 5. The summed E-state index contributed by atoms with van der Waals surface area (Å²) in [6.45, 7) is 6.90. The topological polar surface area (TPSA) is 98.4 Å². The second-order valence-electron chi connectivity index (χ2n) is 8.90. The van der Waals surface area contributed by atoms with Crippen molar-refractivity contribution >= 4 is 11.8 Å². The normalized spacial score (nSPS) is 18.9. The molecular formula is C24H30FN5O3. The molecule has 1 aromatic heterocycles. The van der Waals surface area contributed by atoms with Crippen LogP contribution >= 0.6 is 0 Å². The highest BCUT2D eigenvalue weighted by Gasteiger charge is 2.30. The van der Waals surface area contributed by atoms with Gasteiger partial charge in [-0.05, 0) is 56.5 Å². The monoisotopic (exact) mass is 455 g/mol. The third-order valence-corrected chi connectivity index (χ3v) is 6.79. The van der Waals surface area contributed by atoms with Crippen LogP contribution in [-0.2, 0) is 11.2 Å². The van der Waals surface area contributed by atoms with Crippen molar-refractivity contribution in [2.45, 2.75) is 33.1 Å². The van der Waals surface area contributed by atoms with E-state index in [-0.39, 0.29) is 28.9 Å². The van der Waals surface area contributed by atoms with Crippen LogP contribution in [0.2, 0.25) is 0 Å². The summed E-state index contributed by atoms with van der Waals surface area (Å²) in [4.78, 5) is 41.0. The SMILES string of the molecule is Cc1c(Cc2ccc(F)c(C(=O)N3CCN(C(=O)C4CCCNC4)CC3)c2)n[nH]c(=O)c1C. The summed E-state index contributed by atoms with van der Waals surface area (Å²) in [5, 5.41) is 9.86. The van der Waals surface area contributed by atoms with Crippen molar-refractivity contribution in [1.29, 1.82) is 0 Å². The van der Waals surface area contributed by atoms with Crippen molar-refractivity contribution < 1.29 is 14.0 Å². The molecular weight excluding hydrogens is 425 g/mol. The van der Waals surface area contributed by atoms with Gasteiger partial charge in [0.05, 0.1) is 17.2 Å². The van der Waals surface area contributed by atoms with E-state index < -0.39 is 5.82 Å². The van der Waals surface area contributed by atoms with Crippen LogP contribution in [0, 0.1) is 25.6 Å². The van der Waals surface area contributed by atoms with Crippen LogP contribution in [-0.4, -0.2) is 71.1 Å². The minimum absolute atomic E-state index is 0.00348. The maximum Gasteiger partial charge on any atom is 0.267 e. The second kappa shape index (κ2) is 9.82. The number of nitrogens with zero attached hydrogens (tertiary/aromatic N) is 3. The predicted octanol–water partition coefficient (Wildman–Crippen LogP) is 1.40. The van der Waals surface area contributed by atoms with Crippen molar-refractivity contribution in [3.8, 4) is 0 Å². The van der Waals surface area contributed by atoms with E-state index in [0.29, 0.717) is 50.4 Å². The Hall–Kier alpha value is -3.07. The third-order valence-electron chi connectivity index (χ3n) is 6.79. The van der Waals surface area contributed by atoms with Crippen LogP contribution in [0.25, 0.3) is 0 Å². The molecule has 9 heteroatoms. The molecule has 3 heterocycles. The first-order valence-electron chi connectivity index (χ1n) is 11.5. The third kappa shape index (κ3) is 4.98. The quantitative estimate of drug-likeness (QED) is 0.726. The maximum absolute atomic E-state index is 14.6. The molecule has 2 aromatic rings. The lowest BCUT2D eigenvalue weighted by atomic mass is 9.97. The van der Waals surface area contributed by atoms with Crippen molar-refractivity contribution in [2.24, 2.45) is 5.92 Å². The van der Waals surface area contributed by atoms with Crippen molar-refractivity contribution in [2.75, 3.05) is 39.3 Å². The molecule has 0 aliphatic carbocycles. The van der Waals surface area contributed by atoms with Crippen molar-refractivity contribution in [3.63, 3.8) is 0 Å². The number of amides is 2. The molecule has 2 fully saturated rings. The van der Waals surface area contributed by atoms with E-state index >= 15 is 0 Å². The molecule has 2 aliphatic rings. The van der Waals surface area contributed by atoms with E-state index in [0.717, 1.165) is 30.5 Å². The number of halogens is 1. The van der Waals surface area contributed by atoms with E-state index in [1.54, 1.807) is 24.0 Å². The Bertz CT molecular complexity index is 1100. The summed E-state index contributed by atoms with van der Waals surface area (Å²) in [6, 6.07) is 4.49. The number of piperidine rings is 1. The Kier molecular flexibility index (Phi) is 6.88. The van der Waals surface area contributed by atoms with Gasteiger partial charge in [0.25, 0.3) is 11.5 Å². The van der Waals surface area contributed by atoms with Gasteiger partial charge in [-0.1, -0.05) is 6.07 Å². The number of carbonyl (C=O) groups is 2. The van der Waals surface area contributed by atoms with E-state index in [1.807, 2.05) is 11.8 Å². The summed E-state index contributed by atoms with van der Waals surface area (Å²) in [5.74, 6) is -0.800. The zero-order chi connectivity index (χ0) is 23.5. The molecule has 176 valence electrons. The van der Waals surface area contributed by atoms with Gasteiger partial charge in [0.15, 0.2) is 0 Å². The van der Waals surface area contributed by atoms with Gasteiger partial charge in [-0.3, -0.25) is 14.4 Å².